The number of thiophene rings is 1. The topological polar surface area (TPSA) is 86.9 Å². The van der Waals surface area contributed by atoms with Crippen molar-refractivity contribution in [1.29, 1.82) is 0 Å². The highest BCUT2D eigenvalue weighted by atomic mass is 32.1. The first-order chi connectivity index (χ1) is 13.2. The summed E-state index contributed by atoms with van der Waals surface area (Å²) in [6.07, 6.45) is 0. The molecule has 1 unspecified atom stereocenters. The van der Waals surface area contributed by atoms with E-state index in [4.69, 9.17) is 0 Å². The van der Waals surface area contributed by atoms with Gasteiger partial charge in [0.2, 0.25) is 0 Å². The lowest BCUT2D eigenvalue weighted by molar-refractivity contribution is 0.0941. The van der Waals surface area contributed by atoms with Crippen LogP contribution < -0.4 is 10.6 Å². The molecule has 146 valence electrons. The van der Waals surface area contributed by atoms with Crippen LogP contribution in [0.15, 0.2) is 30.3 Å². The van der Waals surface area contributed by atoms with Crippen LogP contribution in [0, 0.1) is 26.6 Å². The molecule has 0 radical (unpaired) electrons. The number of aromatic nitrogens is 2. The third-order valence-corrected chi connectivity index (χ3v) is 5.50. The van der Waals surface area contributed by atoms with Gasteiger partial charge in [-0.05, 0) is 57.5 Å². The van der Waals surface area contributed by atoms with Gasteiger partial charge in [-0.3, -0.25) is 9.59 Å². The first-order valence-electron chi connectivity index (χ1n) is 8.76. The van der Waals surface area contributed by atoms with E-state index in [1.54, 1.807) is 13.0 Å². The third-order valence-electron chi connectivity index (χ3n) is 4.35. The van der Waals surface area contributed by atoms with E-state index in [-0.39, 0.29) is 17.5 Å². The summed E-state index contributed by atoms with van der Waals surface area (Å²) in [6, 6.07) is 6.88. The van der Waals surface area contributed by atoms with Crippen LogP contribution in [0.25, 0.3) is 0 Å². The molecule has 0 aliphatic heterocycles. The van der Waals surface area contributed by atoms with E-state index >= 15 is 0 Å². The fraction of sp³-hybridized carbons (Fsp3) is 0.250. The van der Waals surface area contributed by atoms with Crippen molar-refractivity contribution in [2.75, 3.05) is 5.32 Å². The molecule has 0 bridgehead atoms. The number of hydrogen-bond acceptors (Lipinski definition) is 4. The van der Waals surface area contributed by atoms with Crippen molar-refractivity contribution in [2.24, 2.45) is 0 Å². The number of aromatic amines is 1. The third kappa shape index (κ3) is 4.28. The van der Waals surface area contributed by atoms with Gasteiger partial charge in [-0.1, -0.05) is 6.07 Å². The summed E-state index contributed by atoms with van der Waals surface area (Å²) in [5.41, 5.74) is 2.82. The van der Waals surface area contributed by atoms with Crippen LogP contribution >= 0.6 is 11.3 Å². The number of imidazole rings is 1. The summed E-state index contributed by atoms with van der Waals surface area (Å²) in [4.78, 5) is 33.0. The van der Waals surface area contributed by atoms with Gasteiger partial charge in [-0.25, -0.2) is 9.37 Å². The van der Waals surface area contributed by atoms with Crippen LogP contribution in [-0.4, -0.2) is 21.8 Å². The Morgan fingerprint density at radius 2 is 1.93 bits per heavy atom. The SMILES string of the molecule is Cc1cc(NC(=O)c2cccc(F)c2)sc1C(=O)NC(C)c1nc(C)c(C)[nH]1. The molecule has 2 aromatic heterocycles. The molecule has 0 saturated heterocycles. The lowest BCUT2D eigenvalue weighted by Gasteiger charge is -2.11. The maximum atomic E-state index is 13.3. The van der Waals surface area contributed by atoms with Gasteiger partial charge in [-0.2, -0.15) is 0 Å². The first kappa shape index (κ1) is 19.8. The molecule has 6 nitrogen and oxygen atoms in total. The van der Waals surface area contributed by atoms with Crippen LogP contribution in [0.3, 0.4) is 0 Å². The molecular formula is C20H21FN4O2S. The van der Waals surface area contributed by atoms with Gasteiger partial charge in [0.15, 0.2) is 0 Å². The summed E-state index contributed by atoms with van der Waals surface area (Å²) >= 11 is 1.17. The lowest BCUT2D eigenvalue weighted by Crippen LogP contribution is -2.27. The second kappa shape index (κ2) is 7.93. The van der Waals surface area contributed by atoms with Crippen LogP contribution in [-0.2, 0) is 0 Å². The summed E-state index contributed by atoms with van der Waals surface area (Å²) in [5.74, 6) is -0.458. The molecule has 1 atom stereocenters. The standard InChI is InChI=1S/C20H21FN4O2S/c1-10-8-16(25-19(26)14-6-5-7-15(21)9-14)28-17(10)20(27)24-13(4)18-22-11(2)12(3)23-18/h5-9,13H,1-4H3,(H,22,23)(H,24,27)(H,25,26). The van der Waals surface area contributed by atoms with Crippen molar-refractivity contribution in [3.8, 4) is 0 Å². The monoisotopic (exact) mass is 400 g/mol. The summed E-state index contributed by atoms with van der Waals surface area (Å²) < 4.78 is 13.3. The Hall–Kier alpha value is -3.00. The van der Waals surface area contributed by atoms with Gasteiger partial charge in [0.25, 0.3) is 11.8 Å². The number of H-pyrrole nitrogens is 1. The highest BCUT2D eigenvalue weighted by molar-refractivity contribution is 7.18. The molecular weight excluding hydrogens is 379 g/mol. The summed E-state index contributed by atoms with van der Waals surface area (Å²) in [5, 5.41) is 6.15. The number of benzene rings is 1. The molecule has 0 aliphatic rings. The van der Waals surface area contributed by atoms with Crippen LogP contribution in [0.5, 0.6) is 0 Å². The zero-order valence-corrected chi connectivity index (χ0v) is 16.8. The molecule has 0 saturated carbocycles. The molecule has 3 rings (SSSR count). The lowest BCUT2D eigenvalue weighted by atomic mass is 10.2. The van der Waals surface area contributed by atoms with E-state index < -0.39 is 11.7 Å². The summed E-state index contributed by atoms with van der Waals surface area (Å²) in [6.45, 7) is 7.48. The number of nitrogens with zero attached hydrogens (tertiary/aromatic N) is 1. The van der Waals surface area contributed by atoms with Crippen molar-refractivity contribution in [3.05, 3.63) is 69.4 Å². The van der Waals surface area contributed by atoms with Crippen molar-refractivity contribution in [2.45, 2.75) is 33.7 Å². The number of halogens is 1. The maximum absolute atomic E-state index is 13.3. The number of carbonyl (C=O) groups excluding carboxylic acids is 2. The number of amides is 2. The Morgan fingerprint density at radius 1 is 1.18 bits per heavy atom. The summed E-state index contributed by atoms with van der Waals surface area (Å²) in [7, 11) is 0. The number of aryl methyl sites for hydroxylation is 3. The fourth-order valence-corrected chi connectivity index (χ4v) is 3.66. The van der Waals surface area contributed by atoms with E-state index in [1.807, 2.05) is 20.8 Å². The number of hydrogen-bond donors (Lipinski definition) is 3. The maximum Gasteiger partial charge on any atom is 0.262 e. The second-order valence-electron chi connectivity index (χ2n) is 6.61. The van der Waals surface area contributed by atoms with Crippen LogP contribution in [0.4, 0.5) is 9.39 Å². The molecule has 3 aromatic rings. The minimum atomic E-state index is -0.479. The number of rotatable bonds is 5. The quantitative estimate of drug-likeness (QED) is 0.597. The van der Waals surface area contributed by atoms with Crippen LogP contribution in [0.1, 0.15) is 55.8 Å². The Balaban J connectivity index is 1.70. The zero-order chi connectivity index (χ0) is 20.4. The van der Waals surface area contributed by atoms with Gasteiger partial charge in [0.05, 0.1) is 21.6 Å². The van der Waals surface area contributed by atoms with E-state index in [9.17, 15) is 14.0 Å². The van der Waals surface area contributed by atoms with E-state index in [0.29, 0.717) is 15.7 Å². The largest absolute Gasteiger partial charge is 0.344 e. The minimum absolute atomic E-state index is 0.217. The molecule has 0 spiro atoms. The highest BCUT2D eigenvalue weighted by Crippen LogP contribution is 2.27. The van der Waals surface area contributed by atoms with Gasteiger partial charge >= 0.3 is 0 Å². The molecule has 2 amide bonds. The molecule has 1 aromatic carbocycles. The Kier molecular flexibility index (Phi) is 5.60. The van der Waals surface area contributed by atoms with E-state index in [2.05, 4.69) is 20.6 Å². The first-order valence-corrected chi connectivity index (χ1v) is 9.57. The molecule has 0 aliphatic carbocycles. The molecule has 8 heteroatoms. The van der Waals surface area contributed by atoms with Gasteiger partial charge in [-0.15, -0.1) is 11.3 Å². The predicted octanol–water partition coefficient (Wildman–Crippen LogP) is 4.28. The van der Waals surface area contributed by atoms with Crippen LogP contribution in [0.2, 0.25) is 0 Å². The normalized spacial score (nSPS) is 11.9. The highest BCUT2D eigenvalue weighted by Gasteiger charge is 2.19. The average Bonchev–Trinajstić information content (AvgIpc) is 3.17. The van der Waals surface area contributed by atoms with Crippen molar-refractivity contribution >= 4 is 28.2 Å². The minimum Gasteiger partial charge on any atom is -0.344 e. The molecule has 0 fully saturated rings. The molecule has 28 heavy (non-hydrogen) atoms. The zero-order valence-electron chi connectivity index (χ0n) is 16.0. The van der Waals surface area contributed by atoms with E-state index in [0.717, 1.165) is 17.0 Å². The molecule has 3 N–H and O–H groups in total. The van der Waals surface area contributed by atoms with Crippen molar-refractivity contribution in [1.82, 2.24) is 15.3 Å². The van der Waals surface area contributed by atoms with E-state index in [1.165, 1.54) is 35.6 Å². The van der Waals surface area contributed by atoms with Gasteiger partial charge in [0.1, 0.15) is 11.6 Å². The van der Waals surface area contributed by atoms with Gasteiger partial charge < -0.3 is 15.6 Å². The Morgan fingerprint density at radius 3 is 2.57 bits per heavy atom. The Bertz CT molecular complexity index is 1020. The van der Waals surface area contributed by atoms with Crippen molar-refractivity contribution in [3.63, 3.8) is 0 Å². The molecule has 2 heterocycles. The smallest absolute Gasteiger partial charge is 0.262 e. The number of carbonyl (C=O) groups is 2. The number of anilines is 1. The average molecular weight is 400 g/mol. The Labute approximate surface area is 166 Å². The fourth-order valence-electron chi connectivity index (χ4n) is 2.69. The van der Waals surface area contributed by atoms with Gasteiger partial charge in [0, 0.05) is 11.3 Å². The second-order valence-corrected chi connectivity index (χ2v) is 7.67. The van der Waals surface area contributed by atoms with Crippen molar-refractivity contribution < 1.29 is 14.0 Å². The predicted molar refractivity (Wildman–Crippen MR) is 107 cm³/mol. The number of nitrogens with one attached hydrogen (secondary N) is 3.